The Kier molecular flexibility index (Phi) is 6.01. The second-order valence-electron chi connectivity index (χ2n) is 6.95. The van der Waals surface area contributed by atoms with Crippen molar-refractivity contribution < 1.29 is 17.9 Å². The molecule has 0 saturated carbocycles. The van der Waals surface area contributed by atoms with Gasteiger partial charge >= 0.3 is 0 Å². The van der Waals surface area contributed by atoms with E-state index in [0.29, 0.717) is 36.4 Å². The number of sulfonamides is 1. The molecule has 162 valence electrons. The van der Waals surface area contributed by atoms with Crippen LogP contribution in [0.3, 0.4) is 0 Å². The summed E-state index contributed by atoms with van der Waals surface area (Å²) >= 11 is 5.89. The third-order valence-electron chi connectivity index (χ3n) is 4.95. The van der Waals surface area contributed by atoms with Gasteiger partial charge in [-0.1, -0.05) is 16.8 Å². The molecule has 0 amide bonds. The van der Waals surface area contributed by atoms with E-state index in [-0.39, 0.29) is 23.7 Å². The first-order valence-corrected chi connectivity index (χ1v) is 11.2. The molecule has 1 saturated heterocycles. The van der Waals surface area contributed by atoms with Crippen LogP contribution < -0.4 is 0 Å². The molecule has 0 N–H and O–H groups in total. The van der Waals surface area contributed by atoms with Gasteiger partial charge in [0.2, 0.25) is 21.7 Å². The summed E-state index contributed by atoms with van der Waals surface area (Å²) in [6, 6.07) is 12.0. The summed E-state index contributed by atoms with van der Waals surface area (Å²) in [7, 11) is -3.71. The molecule has 0 radical (unpaired) electrons. The van der Waals surface area contributed by atoms with Crippen LogP contribution in [0.5, 0.6) is 0 Å². The molecule has 12 heteroatoms. The summed E-state index contributed by atoms with van der Waals surface area (Å²) in [4.78, 5) is 16.7. The minimum absolute atomic E-state index is 0.0380. The molecule has 0 atom stereocenters. The summed E-state index contributed by atoms with van der Waals surface area (Å²) in [6.07, 6.45) is 0. The Morgan fingerprint density at radius 1 is 1.03 bits per heavy atom. The number of piperazine rings is 1. The molecule has 2 heterocycles. The first-order chi connectivity index (χ1) is 14.8. The average Bonchev–Trinajstić information content (AvgIpc) is 3.23. The SMILES string of the molecule is O=[N+]([O-])c1ccc(S(=O)(=O)N2CCN(Cc3nc(-c4ccc(Cl)cc4)no3)CC2)cc1. The maximum Gasteiger partial charge on any atom is 0.269 e. The lowest BCUT2D eigenvalue weighted by atomic mass is 10.2. The summed E-state index contributed by atoms with van der Waals surface area (Å²) in [5.74, 6) is 0.905. The van der Waals surface area contributed by atoms with Gasteiger partial charge < -0.3 is 4.52 Å². The van der Waals surface area contributed by atoms with Crippen LogP contribution in [0.25, 0.3) is 11.4 Å². The summed E-state index contributed by atoms with van der Waals surface area (Å²) in [5.41, 5.74) is 0.639. The molecule has 0 bridgehead atoms. The van der Waals surface area contributed by atoms with Gasteiger partial charge in [0.15, 0.2) is 0 Å². The number of hydrogen-bond donors (Lipinski definition) is 0. The fourth-order valence-corrected chi connectivity index (χ4v) is 4.79. The Morgan fingerprint density at radius 3 is 2.29 bits per heavy atom. The number of nitro groups is 1. The topological polar surface area (TPSA) is 123 Å². The predicted octanol–water partition coefficient (Wildman–Crippen LogP) is 2.80. The molecule has 1 aliphatic heterocycles. The molecule has 10 nitrogen and oxygen atoms in total. The fraction of sp³-hybridized carbons (Fsp3) is 0.263. The normalized spacial score (nSPS) is 15.8. The Bertz CT molecular complexity index is 1170. The van der Waals surface area contributed by atoms with Gasteiger partial charge in [0.25, 0.3) is 5.69 Å². The first kappa shape index (κ1) is 21.4. The van der Waals surface area contributed by atoms with Crippen molar-refractivity contribution in [3.63, 3.8) is 0 Å². The van der Waals surface area contributed by atoms with Crippen molar-refractivity contribution in [2.45, 2.75) is 11.4 Å². The van der Waals surface area contributed by atoms with E-state index < -0.39 is 14.9 Å². The van der Waals surface area contributed by atoms with E-state index in [4.69, 9.17) is 16.1 Å². The number of benzene rings is 2. The predicted molar refractivity (Wildman–Crippen MR) is 112 cm³/mol. The van der Waals surface area contributed by atoms with Crippen molar-refractivity contribution in [1.82, 2.24) is 19.3 Å². The maximum atomic E-state index is 12.8. The quantitative estimate of drug-likeness (QED) is 0.404. The number of non-ortho nitro benzene ring substituents is 1. The largest absolute Gasteiger partial charge is 0.338 e. The van der Waals surface area contributed by atoms with Crippen LogP contribution in [0.2, 0.25) is 5.02 Å². The molecule has 3 aromatic rings. The van der Waals surface area contributed by atoms with Crippen LogP contribution in [-0.2, 0) is 16.6 Å². The van der Waals surface area contributed by atoms with E-state index in [2.05, 4.69) is 10.1 Å². The number of halogens is 1. The second-order valence-corrected chi connectivity index (χ2v) is 9.32. The van der Waals surface area contributed by atoms with Crippen LogP contribution in [-0.4, -0.2) is 58.9 Å². The molecule has 1 aromatic heterocycles. The van der Waals surface area contributed by atoms with Gasteiger partial charge in [0, 0.05) is 48.9 Å². The van der Waals surface area contributed by atoms with Crippen molar-refractivity contribution in [2.75, 3.05) is 26.2 Å². The first-order valence-electron chi connectivity index (χ1n) is 9.38. The molecule has 0 spiro atoms. The number of aromatic nitrogens is 2. The number of rotatable bonds is 6. The fourth-order valence-electron chi connectivity index (χ4n) is 3.24. The molecule has 1 fully saturated rings. The smallest absolute Gasteiger partial charge is 0.269 e. The van der Waals surface area contributed by atoms with Crippen LogP contribution in [0.1, 0.15) is 5.89 Å². The van der Waals surface area contributed by atoms with E-state index in [1.165, 1.54) is 28.6 Å². The van der Waals surface area contributed by atoms with Gasteiger partial charge in [0.1, 0.15) is 0 Å². The standard InChI is InChI=1S/C19H18ClN5O5S/c20-15-3-1-14(2-4-15)19-21-18(30-22-19)13-23-9-11-24(12-10-23)31(28,29)17-7-5-16(6-8-17)25(26)27/h1-8H,9-13H2. The van der Waals surface area contributed by atoms with Crippen LogP contribution in [0.4, 0.5) is 5.69 Å². The molecule has 31 heavy (non-hydrogen) atoms. The summed E-state index contributed by atoms with van der Waals surface area (Å²) in [6.45, 7) is 1.97. The Labute approximate surface area is 183 Å². The third-order valence-corrected chi connectivity index (χ3v) is 7.11. The van der Waals surface area contributed by atoms with E-state index >= 15 is 0 Å². The van der Waals surface area contributed by atoms with Gasteiger partial charge in [-0.3, -0.25) is 15.0 Å². The van der Waals surface area contributed by atoms with Crippen molar-refractivity contribution >= 4 is 27.3 Å². The van der Waals surface area contributed by atoms with Crippen molar-refractivity contribution in [1.29, 1.82) is 0 Å². The van der Waals surface area contributed by atoms with Gasteiger partial charge in [-0.25, -0.2) is 8.42 Å². The minimum atomic E-state index is -3.71. The Hall–Kier alpha value is -2.86. The van der Waals surface area contributed by atoms with Gasteiger partial charge in [-0.2, -0.15) is 9.29 Å². The van der Waals surface area contributed by atoms with Gasteiger partial charge in [-0.05, 0) is 36.4 Å². The highest BCUT2D eigenvalue weighted by molar-refractivity contribution is 7.89. The molecule has 4 rings (SSSR count). The maximum absolute atomic E-state index is 12.8. The van der Waals surface area contributed by atoms with Gasteiger partial charge in [0.05, 0.1) is 16.4 Å². The highest BCUT2D eigenvalue weighted by Gasteiger charge is 2.29. The Morgan fingerprint density at radius 2 is 1.68 bits per heavy atom. The number of nitro benzene ring substituents is 1. The molecule has 2 aromatic carbocycles. The zero-order valence-corrected chi connectivity index (χ0v) is 17.8. The van der Waals surface area contributed by atoms with Crippen LogP contribution in [0, 0.1) is 10.1 Å². The minimum Gasteiger partial charge on any atom is -0.338 e. The monoisotopic (exact) mass is 463 g/mol. The molecule has 0 unspecified atom stereocenters. The Balaban J connectivity index is 1.36. The van der Waals surface area contributed by atoms with Crippen molar-refractivity contribution in [3.05, 3.63) is 69.6 Å². The second kappa shape index (κ2) is 8.71. The van der Waals surface area contributed by atoms with E-state index in [9.17, 15) is 18.5 Å². The third kappa shape index (κ3) is 4.74. The van der Waals surface area contributed by atoms with E-state index in [1.807, 2.05) is 4.90 Å². The zero-order valence-electron chi connectivity index (χ0n) is 16.2. The lowest BCUT2D eigenvalue weighted by Crippen LogP contribution is -2.48. The highest BCUT2D eigenvalue weighted by Crippen LogP contribution is 2.22. The molecular weight excluding hydrogens is 446 g/mol. The summed E-state index contributed by atoms with van der Waals surface area (Å²) < 4.78 is 32.3. The van der Waals surface area contributed by atoms with E-state index in [0.717, 1.165) is 5.56 Å². The van der Waals surface area contributed by atoms with Crippen LogP contribution >= 0.6 is 11.6 Å². The van der Waals surface area contributed by atoms with Crippen LogP contribution in [0.15, 0.2) is 57.9 Å². The lowest BCUT2D eigenvalue weighted by Gasteiger charge is -2.33. The summed E-state index contributed by atoms with van der Waals surface area (Å²) in [5, 5.41) is 15.4. The molecule has 1 aliphatic rings. The number of hydrogen-bond acceptors (Lipinski definition) is 8. The van der Waals surface area contributed by atoms with Crippen molar-refractivity contribution in [3.8, 4) is 11.4 Å². The van der Waals surface area contributed by atoms with Gasteiger partial charge in [-0.15, -0.1) is 0 Å². The molecular formula is C19H18ClN5O5S. The zero-order chi connectivity index (χ0) is 22.0. The van der Waals surface area contributed by atoms with E-state index in [1.54, 1.807) is 24.3 Å². The molecule has 0 aliphatic carbocycles. The van der Waals surface area contributed by atoms with Crippen molar-refractivity contribution in [2.24, 2.45) is 0 Å². The lowest BCUT2D eigenvalue weighted by molar-refractivity contribution is -0.384. The number of nitrogens with zero attached hydrogens (tertiary/aromatic N) is 5. The highest BCUT2D eigenvalue weighted by atomic mass is 35.5. The average molecular weight is 464 g/mol.